The number of nitrogens with zero attached hydrogens (tertiary/aromatic N) is 1. The Balaban J connectivity index is 1.54. The largest absolute Gasteiger partial charge is 0.453 e. The number of carbonyl (C=O) groups excluding carboxylic acids is 1. The predicted octanol–water partition coefficient (Wildman–Crippen LogP) is 5.60. The molecular weight excluding hydrogens is 423 g/mol. The van der Waals surface area contributed by atoms with Crippen molar-refractivity contribution < 1.29 is 18.4 Å². The van der Waals surface area contributed by atoms with Crippen molar-refractivity contribution in [1.29, 1.82) is 0 Å². The fourth-order valence-electron chi connectivity index (χ4n) is 4.67. The van der Waals surface area contributed by atoms with Crippen molar-refractivity contribution in [3.8, 4) is 11.5 Å². The molecule has 2 aliphatic rings. The van der Waals surface area contributed by atoms with Gasteiger partial charge in [0, 0.05) is 12.6 Å². The molecule has 1 N–H and O–H groups in total. The Hall–Kier alpha value is -2.30. The second kappa shape index (κ2) is 10.5. The zero-order chi connectivity index (χ0) is 22.4. The van der Waals surface area contributed by atoms with Crippen LogP contribution < -0.4 is 14.4 Å². The molecule has 0 radical (unpaired) electrons. The fourth-order valence-corrected chi connectivity index (χ4v) is 6.86. The molecule has 0 unspecified atom stereocenters. The number of para-hydroxylation sites is 2. The molecule has 0 aromatic heterocycles. The molecule has 1 aliphatic carbocycles. The van der Waals surface area contributed by atoms with Crippen molar-refractivity contribution in [2.24, 2.45) is 0 Å². The second-order valence-electron chi connectivity index (χ2n) is 8.73. The molecule has 172 valence electrons. The smallest absolute Gasteiger partial charge is 0.415 e. The normalized spacial score (nSPS) is 20.7. The fraction of sp³-hybridized carbons (Fsp3) is 0.480. The standard InChI is InChI=1S/C25H33N2O4P/c1-20(26-21-12-5-2-6-13-21)25(28)27-19-11-18-24(27)32(29,30-22-14-7-3-8-15-22)31-23-16-9-4-10-17-23/h3-4,7-10,14-17,20-21,24,26H,2,5-6,11-13,18-19H2,1H3/t20-,24+/m0/s1. The van der Waals surface area contributed by atoms with Gasteiger partial charge in [-0.15, -0.1) is 0 Å². The monoisotopic (exact) mass is 456 g/mol. The molecule has 1 saturated heterocycles. The lowest BCUT2D eigenvalue weighted by molar-refractivity contribution is -0.133. The van der Waals surface area contributed by atoms with Crippen molar-refractivity contribution >= 4 is 13.5 Å². The Bertz CT molecular complexity index is 873. The van der Waals surface area contributed by atoms with E-state index in [-0.39, 0.29) is 11.9 Å². The number of likely N-dealkylation sites (tertiary alicyclic amines) is 1. The van der Waals surface area contributed by atoms with Crippen LogP contribution in [0.3, 0.4) is 0 Å². The molecule has 1 aliphatic heterocycles. The van der Waals surface area contributed by atoms with Gasteiger partial charge < -0.3 is 19.3 Å². The van der Waals surface area contributed by atoms with Gasteiger partial charge in [0.1, 0.15) is 11.5 Å². The molecule has 4 rings (SSSR count). The predicted molar refractivity (Wildman–Crippen MR) is 126 cm³/mol. The summed E-state index contributed by atoms with van der Waals surface area (Å²) in [6.07, 6.45) is 7.24. The highest BCUT2D eigenvalue weighted by molar-refractivity contribution is 7.55. The van der Waals surface area contributed by atoms with Gasteiger partial charge in [-0.25, -0.2) is 4.57 Å². The minimum Gasteiger partial charge on any atom is -0.415 e. The van der Waals surface area contributed by atoms with Crippen molar-refractivity contribution in [1.82, 2.24) is 10.2 Å². The van der Waals surface area contributed by atoms with Crippen LogP contribution >= 0.6 is 7.60 Å². The highest BCUT2D eigenvalue weighted by Crippen LogP contribution is 2.57. The average molecular weight is 457 g/mol. The van der Waals surface area contributed by atoms with E-state index >= 15 is 0 Å². The highest BCUT2D eigenvalue weighted by Gasteiger charge is 2.48. The van der Waals surface area contributed by atoms with Gasteiger partial charge in [-0.1, -0.05) is 55.7 Å². The summed E-state index contributed by atoms with van der Waals surface area (Å²) < 4.78 is 26.3. The second-order valence-corrected chi connectivity index (χ2v) is 10.8. The molecule has 1 amide bonds. The van der Waals surface area contributed by atoms with Crippen LogP contribution in [-0.4, -0.2) is 35.2 Å². The molecule has 0 spiro atoms. The minimum atomic E-state index is -3.73. The van der Waals surface area contributed by atoms with Gasteiger partial charge >= 0.3 is 7.60 Å². The SMILES string of the molecule is C[C@H](NC1CCCCC1)C(=O)N1CCC[C@H]1P(=O)(Oc1ccccc1)Oc1ccccc1. The van der Waals surface area contributed by atoms with E-state index in [0.29, 0.717) is 30.5 Å². The summed E-state index contributed by atoms with van der Waals surface area (Å²) in [5, 5.41) is 3.50. The van der Waals surface area contributed by atoms with Crippen LogP contribution in [0.1, 0.15) is 51.9 Å². The summed E-state index contributed by atoms with van der Waals surface area (Å²) in [5.74, 6) is 0.288. The third-order valence-corrected chi connectivity index (χ3v) is 8.48. The molecule has 1 heterocycles. The van der Waals surface area contributed by atoms with E-state index in [0.717, 1.165) is 19.3 Å². The summed E-state index contributed by atoms with van der Waals surface area (Å²) >= 11 is 0. The first-order chi connectivity index (χ1) is 15.5. The molecule has 2 aromatic carbocycles. The van der Waals surface area contributed by atoms with E-state index in [1.165, 1.54) is 19.3 Å². The lowest BCUT2D eigenvalue weighted by Crippen LogP contribution is -2.50. The number of amides is 1. The van der Waals surface area contributed by atoms with Crippen LogP contribution in [0, 0.1) is 0 Å². The number of rotatable bonds is 8. The molecule has 32 heavy (non-hydrogen) atoms. The third-order valence-electron chi connectivity index (χ3n) is 6.28. The number of carbonyl (C=O) groups is 1. The number of hydrogen-bond donors (Lipinski definition) is 1. The van der Waals surface area contributed by atoms with Gasteiger partial charge in [-0.05, 0) is 56.9 Å². The lowest BCUT2D eigenvalue weighted by Gasteiger charge is -2.34. The van der Waals surface area contributed by atoms with Crippen LogP contribution in [-0.2, 0) is 9.36 Å². The van der Waals surface area contributed by atoms with Crippen LogP contribution in [0.4, 0.5) is 0 Å². The van der Waals surface area contributed by atoms with Gasteiger partial charge in [-0.3, -0.25) is 4.79 Å². The summed E-state index contributed by atoms with van der Waals surface area (Å²) in [7, 11) is -3.73. The van der Waals surface area contributed by atoms with Crippen molar-refractivity contribution in [3.05, 3.63) is 60.7 Å². The Morgan fingerprint density at radius 3 is 2.03 bits per heavy atom. The summed E-state index contributed by atoms with van der Waals surface area (Å²) in [4.78, 5) is 15.1. The molecule has 2 aromatic rings. The van der Waals surface area contributed by atoms with Crippen molar-refractivity contribution in [2.75, 3.05) is 6.54 Å². The van der Waals surface area contributed by atoms with Gasteiger partial charge in [-0.2, -0.15) is 0 Å². The topological polar surface area (TPSA) is 67.9 Å². The van der Waals surface area contributed by atoms with E-state index < -0.39 is 13.4 Å². The van der Waals surface area contributed by atoms with Gasteiger partial charge in [0.15, 0.2) is 5.78 Å². The van der Waals surface area contributed by atoms with E-state index in [2.05, 4.69) is 5.32 Å². The number of nitrogens with one attached hydrogen (secondary N) is 1. The third kappa shape index (κ3) is 5.54. The number of hydrogen-bond acceptors (Lipinski definition) is 5. The first kappa shape index (κ1) is 22.9. The van der Waals surface area contributed by atoms with E-state index in [1.54, 1.807) is 29.2 Å². The summed E-state index contributed by atoms with van der Waals surface area (Å²) in [5.41, 5.74) is 0. The molecule has 7 heteroatoms. The van der Waals surface area contributed by atoms with E-state index in [1.807, 2.05) is 43.3 Å². The Kier molecular flexibility index (Phi) is 7.54. The number of benzene rings is 2. The minimum absolute atomic E-state index is 0.0355. The average Bonchev–Trinajstić information content (AvgIpc) is 3.31. The van der Waals surface area contributed by atoms with Crippen molar-refractivity contribution in [2.45, 2.75) is 69.7 Å². The maximum absolute atomic E-state index is 14.2. The van der Waals surface area contributed by atoms with Crippen LogP contribution in [0.15, 0.2) is 60.7 Å². The lowest BCUT2D eigenvalue weighted by atomic mass is 9.95. The van der Waals surface area contributed by atoms with Gasteiger partial charge in [0.05, 0.1) is 6.04 Å². The maximum atomic E-state index is 14.2. The molecule has 2 fully saturated rings. The van der Waals surface area contributed by atoms with Crippen LogP contribution in [0.5, 0.6) is 11.5 Å². The molecule has 2 atom stereocenters. The summed E-state index contributed by atoms with van der Waals surface area (Å²) in [6, 6.07) is 18.1. The molecule has 6 nitrogen and oxygen atoms in total. The van der Waals surface area contributed by atoms with Gasteiger partial charge in [0.25, 0.3) is 0 Å². The van der Waals surface area contributed by atoms with Crippen LogP contribution in [0.25, 0.3) is 0 Å². The maximum Gasteiger partial charge on any atom is 0.453 e. The molecule has 0 bridgehead atoms. The Morgan fingerprint density at radius 2 is 1.47 bits per heavy atom. The zero-order valence-corrected chi connectivity index (χ0v) is 19.6. The quantitative estimate of drug-likeness (QED) is 0.524. The zero-order valence-electron chi connectivity index (χ0n) is 18.7. The van der Waals surface area contributed by atoms with E-state index in [9.17, 15) is 9.36 Å². The summed E-state index contributed by atoms with van der Waals surface area (Å²) in [6.45, 7) is 2.47. The molecule has 1 saturated carbocycles. The van der Waals surface area contributed by atoms with E-state index in [4.69, 9.17) is 9.05 Å². The first-order valence-corrected chi connectivity index (χ1v) is 13.3. The highest BCUT2D eigenvalue weighted by atomic mass is 31.2. The van der Waals surface area contributed by atoms with Crippen LogP contribution in [0.2, 0.25) is 0 Å². The Morgan fingerprint density at radius 1 is 0.906 bits per heavy atom. The molecular formula is C25H33N2O4P. The Labute approximate surface area is 190 Å². The first-order valence-electron chi connectivity index (χ1n) is 11.7. The van der Waals surface area contributed by atoms with Crippen molar-refractivity contribution in [3.63, 3.8) is 0 Å². The van der Waals surface area contributed by atoms with Gasteiger partial charge in [0.2, 0.25) is 5.91 Å².